The maximum atomic E-state index is 11.8. The summed E-state index contributed by atoms with van der Waals surface area (Å²) >= 11 is 0. The lowest BCUT2D eigenvalue weighted by Crippen LogP contribution is -2.39. The van der Waals surface area contributed by atoms with E-state index >= 15 is 0 Å². The molecule has 3 nitrogen and oxygen atoms in total. The molecule has 0 saturated carbocycles. The van der Waals surface area contributed by atoms with Gasteiger partial charge in [-0.25, -0.2) is 0 Å². The fourth-order valence-corrected chi connectivity index (χ4v) is 1.68. The monoisotopic (exact) mass is 241 g/mol. The summed E-state index contributed by atoms with van der Waals surface area (Å²) in [6, 6.07) is 9.44. The fourth-order valence-electron chi connectivity index (χ4n) is 1.68. The Balaban J connectivity index is 0.00000128. The van der Waals surface area contributed by atoms with E-state index in [0.717, 1.165) is 31.9 Å². The van der Waals surface area contributed by atoms with E-state index < -0.39 is 0 Å². The van der Waals surface area contributed by atoms with E-state index in [1.807, 2.05) is 30.3 Å². The first-order chi connectivity index (χ1) is 7.36. The summed E-state index contributed by atoms with van der Waals surface area (Å²) < 4.78 is 5.23. The van der Waals surface area contributed by atoms with E-state index in [4.69, 9.17) is 4.74 Å². The van der Waals surface area contributed by atoms with Crippen LogP contribution in [0.5, 0.6) is 0 Å². The molecular formula is C12H16ClNO2. The fraction of sp³-hybridized carbons (Fsp3) is 0.417. The Hall–Kier alpha value is -0.900. The van der Waals surface area contributed by atoms with Gasteiger partial charge in [-0.15, -0.1) is 12.4 Å². The predicted octanol–water partition coefficient (Wildman–Crippen LogP) is 1.62. The van der Waals surface area contributed by atoms with Gasteiger partial charge in [-0.1, -0.05) is 30.3 Å². The molecule has 4 heteroatoms. The normalized spacial score (nSPS) is 16.5. The van der Waals surface area contributed by atoms with E-state index in [1.165, 1.54) is 0 Å². The molecule has 0 radical (unpaired) electrons. The number of morpholine rings is 1. The van der Waals surface area contributed by atoms with E-state index in [-0.39, 0.29) is 18.2 Å². The topological polar surface area (TPSA) is 29.5 Å². The first-order valence-electron chi connectivity index (χ1n) is 5.24. The lowest BCUT2D eigenvalue weighted by Gasteiger charge is -2.25. The second kappa shape index (κ2) is 6.63. The highest BCUT2D eigenvalue weighted by atomic mass is 35.5. The van der Waals surface area contributed by atoms with Gasteiger partial charge >= 0.3 is 0 Å². The van der Waals surface area contributed by atoms with Gasteiger partial charge in [0.1, 0.15) is 0 Å². The summed E-state index contributed by atoms with van der Waals surface area (Å²) in [5, 5.41) is 0. The minimum atomic E-state index is 0. The summed E-state index contributed by atoms with van der Waals surface area (Å²) in [6.07, 6.45) is 0. The summed E-state index contributed by atoms with van der Waals surface area (Å²) in [5.74, 6) is 0.192. The van der Waals surface area contributed by atoms with Gasteiger partial charge in [-0.3, -0.25) is 9.69 Å². The zero-order valence-electron chi connectivity index (χ0n) is 9.09. The molecule has 1 fully saturated rings. The Labute approximate surface area is 102 Å². The van der Waals surface area contributed by atoms with Gasteiger partial charge in [0, 0.05) is 18.7 Å². The molecule has 1 aromatic rings. The maximum absolute atomic E-state index is 11.8. The molecule has 0 N–H and O–H groups in total. The van der Waals surface area contributed by atoms with Crippen molar-refractivity contribution < 1.29 is 9.53 Å². The van der Waals surface area contributed by atoms with Crippen LogP contribution in [0.1, 0.15) is 10.4 Å². The van der Waals surface area contributed by atoms with Gasteiger partial charge in [0.15, 0.2) is 5.78 Å². The smallest absolute Gasteiger partial charge is 0.176 e. The molecule has 1 aliphatic rings. The molecule has 16 heavy (non-hydrogen) atoms. The van der Waals surface area contributed by atoms with Crippen molar-refractivity contribution in [1.82, 2.24) is 4.90 Å². The highest BCUT2D eigenvalue weighted by Crippen LogP contribution is 2.03. The van der Waals surface area contributed by atoms with Gasteiger partial charge in [0.25, 0.3) is 0 Å². The number of nitrogens with zero attached hydrogens (tertiary/aromatic N) is 1. The van der Waals surface area contributed by atoms with Crippen LogP contribution in [0.4, 0.5) is 0 Å². The van der Waals surface area contributed by atoms with Crippen LogP contribution in [0, 0.1) is 0 Å². The van der Waals surface area contributed by atoms with Crippen LogP contribution in [0.25, 0.3) is 0 Å². The highest BCUT2D eigenvalue weighted by Gasteiger charge is 2.14. The minimum absolute atomic E-state index is 0. The minimum Gasteiger partial charge on any atom is -0.379 e. The van der Waals surface area contributed by atoms with Crippen molar-refractivity contribution in [3.8, 4) is 0 Å². The van der Waals surface area contributed by atoms with Crippen molar-refractivity contribution in [3.05, 3.63) is 35.9 Å². The van der Waals surface area contributed by atoms with Gasteiger partial charge in [-0.2, -0.15) is 0 Å². The number of ketones is 1. The number of halogens is 1. The Kier molecular flexibility index (Phi) is 5.46. The van der Waals surface area contributed by atoms with Crippen molar-refractivity contribution in [2.45, 2.75) is 0 Å². The molecule has 1 saturated heterocycles. The third-order valence-electron chi connectivity index (χ3n) is 2.57. The Morgan fingerprint density at radius 3 is 2.44 bits per heavy atom. The molecule has 0 aliphatic carbocycles. The summed E-state index contributed by atoms with van der Waals surface area (Å²) in [6.45, 7) is 3.70. The van der Waals surface area contributed by atoms with E-state index in [2.05, 4.69) is 4.90 Å². The van der Waals surface area contributed by atoms with Crippen molar-refractivity contribution in [2.24, 2.45) is 0 Å². The molecule has 0 amide bonds. The van der Waals surface area contributed by atoms with E-state index in [0.29, 0.717) is 6.54 Å². The lowest BCUT2D eigenvalue weighted by molar-refractivity contribution is 0.0371. The molecule has 1 aliphatic heterocycles. The summed E-state index contributed by atoms with van der Waals surface area (Å²) in [4.78, 5) is 14.0. The Bertz CT molecular complexity index is 323. The standard InChI is InChI=1S/C12H15NO2.ClH/c14-12(11-4-2-1-3-5-11)10-13-6-8-15-9-7-13;/h1-5H,6-10H2;1H. The van der Waals surface area contributed by atoms with Crippen LogP contribution in [0.3, 0.4) is 0 Å². The van der Waals surface area contributed by atoms with E-state index in [9.17, 15) is 4.79 Å². The van der Waals surface area contributed by atoms with Crippen LogP contribution in [0.15, 0.2) is 30.3 Å². The molecule has 0 aromatic heterocycles. The summed E-state index contributed by atoms with van der Waals surface area (Å²) in [7, 11) is 0. The Morgan fingerprint density at radius 1 is 1.19 bits per heavy atom. The largest absolute Gasteiger partial charge is 0.379 e. The average Bonchev–Trinajstić information content (AvgIpc) is 2.31. The van der Waals surface area contributed by atoms with E-state index in [1.54, 1.807) is 0 Å². The molecule has 0 bridgehead atoms. The maximum Gasteiger partial charge on any atom is 0.176 e. The van der Waals surface area contributed by atoms with Crippen LogP contribution >= 0.6 is 12.4 Å². The van der Waals surface area contributed by atoms with Crippen molar-refractivity contribution in [3.63, 3.8) is 0 Å². The molecule has 0 unspecified atom stereocenters. The first-order valence-corrected chi connectivity index (χ1v) is 5.24. The zero-order valence-corrected chi connectivity index (χ0v) is 9.91. The second-order valence-corrected chi connectivity index (χ2v) is 3.68. The number of hydrogen-bond donors (Lipinski definition) is 0. The second-order valence-electron chi connectivity index (χ2n) is 3.68. The number of benzene rings is 1. The van der Waals surface area contributed by atoms with Crippen LogP contribution in [0.2, 0.25) is 0 Å². The SMILES string of the molecule is Cl.O=C(CN1CCOCC1)c1ccccc1. The van der Waals surface area contributed by atoms with Crippen molar-refractivity contribution in [2.75, 3.05) is 32.8 Å². The van der Waals surface area contributed by atoms with Crippen LogP contribution < -0.4 is 0 Å². The third kappa shape index (κ3) is 3.59. The molecule has 1 heterocycles. The lowest BCUT2D eigenvalue weighted by atomic mass is 10.1. The highest BCUT2D eigenvalue weighted by molar-refractivity contribution is 5.97. The van der Waals surface area contributed by atoms with Gasteiger partial charge in [0.2, 0.25) is 0 Å². The molecular weight excluding hydrogens is 226 g/mol. The van der Waals surface area contributed by atoms with Crippen LogP contribution in [-0.2, 0) is 4.74 Å². The predicted molar refractivity (Wildman–Crippen MR) is 65.3 cm³/mol. The molecule has 0 atom stereocenters. The molecule has 88 valence electrons. The van der Waals surface area contributed by atoms with Gasteiger partial charge in [0.05, 0.1) is 19.8 Å². The number of rotatable bonds is 3. The number of ether oxygens (including phenoxy) is 1. The molecule has 0 spiro atoms. The first kappa shape index (κ1) is 13.2. The van der Waals surface area contributed by atoms with Crippen LogP contribution in [-0.4, -0.2) is 43.5 Å². The number of hydrogen-bond acceptors (Lipinski definition) is 3. The quantitative estimate of drug-likeness (QED) is 0.754. The average molecular weight is 242 g/mol. The summed E-state index contributed by atoms with van der Waals surface area (Å²) in [5.41, 5.74) is 0.795. The number of carbonyl (C=O) groups excluding carboxylic acids is 1. The van der Waals surface area contributed by atoms with Gasteiger partial charge < -0.3 is 4.74 Å². The number of Topliss-reactive ketones (excluding diaryl/α,β-unsaturated/α-hetero) is 1. The zero-order chi connectivity index (χ0) is 10.5. The third-order valence-corrected chi connectivity index (χ3v) is 2.57. The Morgan fingerprint density at radius 2 is 1.81 bits per heavy atom. The molecule has 1 aromatic carbocycles. The van der Waals surface area contributed by atoms with Crippen molar-refractivity contribution >= 4 is 18.2 Å². The molecule has 2 rings (SSSR count). The number of carbonyl (C=O) groups is 1. The van der Waals surface area contributed by atoms with Crippen molar-refractivity contribution in [1.29, 1.82) is 0 Å². The van der Waals surface area contributed by atoms with Gasteiger partial charge in [-0.05, 0) is 0 Å².